The molecule has 202 valence electrons. The fourth-order valence-corrected chi connectivity index (χ4v) is 4.49. The van der Waals surface area contributed by atoms with Crippen LogP contribution in [-0.4, -0.2) is 66.3 Å². The van der Waals surface area contributed by atoms with Crippen molar-refractivity contribution in [3.8, 4) is 28.4 Å². The number of nitrogens with zero attached hydrogens (tertiary/aromatic N) is 3. The highest BCUT2D eigenvalue weighted by atomic mass is 16.5. The number of rotatable bonds is 11. The number of methoxy groups -OCH3 is 2. The lowest BCUT2D eigenvalue weighted by Gasteiger charge is -2.25. The normalized spacial score (nSPS) is 14.9. The van der Waals surface area contributed by atoms with E-state index in [1.54, 1.807) is 29.8 Å². The lowest BCUT2D eigenvalue weighted by molar-refractivity contribution is -0.136. The maximum Gasteiger partial charge on any atom is 0.246 e. The van der Waals surface area contributed by atoms with Gasteiger partial charge >= 0.3 is 0 Å². The van der Waals surface area contributed by atoms with Crippen molar-refractivity contribution in [3.05, 3.63) is 54.7 Å². The van der Waals surface area contributed by atoms with Gasteiger partial charge in [0.1, 0.15) is 6.54 Å². The zero-order valence-electron chi connectivity index (χ0n) is 22.5. The first-order chi connectivity index (χ1) is 18.4. The number of hydrogen-bond acceptors (Lipinski definition) is 6. The second-order valence-electron chi connectivity index (χ2n) is 9.78. The van der Waals surface area contributed by atoms with Crippen LogP contribution in [0.3, 0.4) is 0 Å². The highest BCUT2D eigenvalue weighted by Gasteiger charge is 2.25. The van der Waals surface area contributed by atoms with E-state index in [2.05, 4.69) is 5.32 Å². The molecule has 3 aromatic rings. The molecule has 0 bridgehead atoms. The Kier molecular flexibility index (Phi) is 9.02. The first-order valence-corrected chi connectivity index (χ1v) is 12.9. The molecule has 1 aliphatic rings. The van der Waals surface area contributed by atoms with E-state index >= 15 is 0 Å². The molecule has 38 heavy (non-hydrogen) atoms. The molecule has 0 aliphatic carbocycles. The Morgan fingerprint density at radius 1 is 1.13 bits per heavy atom. The predicted molar refractivity (Wildman–Crippen MR) is 146 cm³/mol. The minimum absolute atomic E-state index is 0.0441. The minimum Gasteiger partial charge on any atom is -0.493 e. The molecule has 1 aliphatic heterocycles. The molecule has 2 aromatic carbocycles. The number of aromatic nitrogens is 2. The van der Waals surface area contributed by atoms with Crippen LogP contribution < -0.4 is 14.8 Å². The predicted octanol–water partition coefficient (Wildman–Crippen LogP) is 4.55. The average molecular weight is 521 g/mol. The Hall–Kier alpha value is -3.85. The molecule has 2 heterocycles. The quantitative estimate of drug-likeness (QED) is 0.399. The smallest absolute Gasteiger partial charge is 0.246 e. The number of anilines is 1. The Labute approximate surface area is 223 Å². The summed E-state index contributed by atoms with van der Waals surface area (Å²) in [6.07, 6.45) is 4.04. The summed E-state index contributed by atoms with van der Waals surface area (Å²) in [5, 5.41) is 2.93. The van der Waals surface area contributed by atoms with Gasteiger partial charge in [-0.1, -0.05) is 44.2 Å². The summed E-state index contributed by atoms with van der Waals surface area (Å²) in [5.41, 5.74) is 2.34. The maximum atomic E-state index is 13.3. The Morgan fingerprint density at radius 2 is 1.89 bits per heavy atom. The molecule has 0 radical (unpaired) electrons. The van der Waals surface area contributed by atoms with Gasteiger partial charge in [0.2, 0.25) is 17.8 Å². The molecule has 2 amide bonds. The summed E-state index contributed by atoms with van der Waals surface area (Å²) in [5.74, 6) is 1.30. The summed E-state index contributed by atoms with van der Waals surface area (Å²) in [4.78, 5) is 32.6. The van der Waals surface area contributed by atoms with Crippen LogP contribution in [0.25, 0.3) is 16.9 Å². The summed E-state index contributed by atoms with van der Waals surface area (Å²) >= 11 is 0. The van der Waals surface area contributed by atoms with Gasteiger partial charge in [-0.25, -0.2) is 4.98 Å². The number of hydrogen-bond donors (Lipinski definition) is 1. The molecule has 9 nitrogen and oxygen atoms in total. The van der Waals surface area contributed by atoms with E-state index in [0.29, 0.717) is 42.7 Å². The zero-order chi connectivity index (χ0) is 27.1. The second-order valence-corrected chi connectivity index (χ2v) is 9.78. The maximum absolute atomic E-state index is 13.3. The number of benzene rings is 2. The van der Waals surface area contributed by atoms with E-state index in [1.165, 1.54) is 0 Å². The van der Waals surface area contributed by atoms with Crippen molar-refractivity contribution in [1.82, 2.24) is 14.5 Å². The van der Waals surface area contributed by atoms with Crippen molar-refractivity contribution in [3.63, 3.8) is 0 Å². The van der Waals surface area contributed by atoms with E-state index < -0.39 is 0 Å². The van der Waals surface area contributed by atoms with Crippen molar-refractivity contribution in [2.75, 3.05) is 39.2 Å². The molecule has 1 aromatic heterocycles. The third-order valence-corrected chi connectivity index (χ3v) is 6.39. The molecule has 1 N–H and O–H groups in total. The third-order valence-electron chi connectivity index (χ3n) is 6.39. The van der Waals surface area contributed by atoms with Crippen molar-refractivity contribution >= 4 is 17.8 Å². The van der Waals surface area contributed by atoms with Gasteiger partial charge in [-0.05, 0) is 30.9 Å². The summed E-state index contributed by atoms with van der Waals surface area (Å²) < 4.78 is 18.4. The van der Waals surface area contributed by atoms with Gasteiger partial charge in [-0.3, -0.25) is 19.5 Å². The van der Waals surface area contributed by atoms with Crippen molar-refractivity contribution < 1.29 is 23.8 Å². The number of nitrogens with one attached hydrogen (secondary N) is 1. The van der Waals surface area contributed by atoms with E-state index in [0.717, 1.165) is 24.1 Å². The van der Waals surface area contributed by atoms with Gasteiger partial charge in [0.15, 0.2) is 11.5 Å². The van der Waals surface area contributed by atoms with Crippen molar-refractivity contribution in [1.29, 1.82) is 0 Å². The molecule has 0 spiro atoms. The monoisotopic (exact) mass is 520 g/mol. The number of carbonyl (C=O) groups is 2. The molecule has 4 rings (SSSR count). The average Bonchev–Trinajstić information content (AvgIpc) is 3.58. The van der Waals surface area contributed by atoms with Crippen molar-refractivity contribution in [2.24, 2.45) is 5.92 Å². The van der Waals surface area contributed by atoms with E-state index in [1.807, 2.05) is 62.5 Å². The summed E-state index contributed by atoms with van der Waals surface area (Å²) in [7, 11) is 3.15. The number of imidazole rings is 1. The standard InChI is InChI=1S/C29H36N4O5/c1-20(2)15-28(35)32(17-23-11-8-14-38-23)19-27(34)31-29-30-24(21-9-6-5-7-10-21)18-33(29)22-12-13-25(36-3)26(16-22)37-4/h5-7,9-10,12-13,16,18,20,23H,8,11,14-15,17,19H2,1-4H3,(H,30,31,34). The number of ether oxygens (including phenoxy) is 3. The van der Waals surface area contributed by atoms with Crippen LogP contribution in [0.4, 0.5) is 5.95 Å². The molecule has 1 unspecified atom stereocenters. The summed E-state index contributed by atoms with van der Waals surface area (Å²) in [6, 6.07) is 15.2. The molecular formula is C29H36N4O5. The molecular weight excluding hydrogens is 484 g/mol. The van der Waals surface area contributed by atoms with Crippen LogP contribution in [0.2, 0.25) is 0 Å². The van der Waals surface area contributed by atoms with E-state index in [9.17, 15) is 9.59 Å². The van der Waals surface area contributed by atoms with Gasteiger partial charge in [0.05, 0.1) is 31.7 Å². The zero-order valence-corrected chi connectivity index (χ0v) is 22.5. The van der Waals surface area contributed by atoms with Crippen LogP contribution >= 0.6 is 0 Å². The van der Waals surface area contributed by atoms with Gasteiger partial charge in [-0.2, -0.15) is 0 Å². The molecule has 1 saturated heterocycles. The van der Waals surface area contributed by atoms with Gasteiger partial charge in [0, 0.05) is 37.4 Å². The van der Waals surface area contributed by atoms with Crippen LogP contribution in [0.1, 0.15) is 33.1 Å². The van der Waals surface area contributed by atoms with Crippen LogP contribution in [0, 0.1) is 5.92 Å². The first-order valence-electron chi connectivity index (χ1n) is 12.9. The first kappa shape index (κ1) is 27.2. The highest BCUT2D eigenvalue weighted by Crippen LogP contribution is 2.32. The number of amides is 2. The van der Waals surface area contributed by atoms with Gasteiger partial charge in [-0.15, -0.1) is 0 Å². The van der Waals surface area contributed by atoms with E-state index in [4.69, 9.17) is 19.2 Å². The van der Waals surface area contributed by atoms with Gasteiger partial charge in [0.25, 0.3) is 0 Å². The molecule has 9 heteroatoms. The highest BCUT2D eigenvalue weighted by molar-refractivity contribution is 5.94. The lowest BCUT2D eigenvalue weighted by atomic mass is 10.1. The summed E-state index contributed by atoms with van der Waals surface area (Å²) in [6.45, 7) is 5.00. The second kappa shape index (κ2) is 12.6. The Morgan fingerprint density at radius 3 is 2.55 bits per heavy atom. The fraction of sp³-hybridized carbons (Fsp3) is 0.414. The Balaban J connectivity index is 1.62. The third kappa shape index (κ3) is 6.72. The van der Waals surface area contributed by atoms with Crippen LogP contribution in [-0.2, 0) is 14.3 Å². The lowest BCUT2D eigenvalue weighted by Crippen LogP contribution is -2.42. The Bertz CT molecular complexity index is 1240. The topological polar surface area (TPSA) is 94.9 Å². The minimum atomic E-state index is -0.327. The largest absolute Gasteiger partial charge is 0.493 e. The fourth-order valence-electron chi connectivity index (χ4n) is 4.49. The van der Waals surface area contributed by atoms with Crippen LogP contribution in [0.15, 0.2) is 54.7 Å². The SMILES string of the molecule is COc1ccc(-n2cc(-c3ccccc3)nc2NC(=O)CN(CC2CCCO2)C(=O)CC(C)C)cc1OC. The molecule has 0 saturated carbocycles. The van der Waals surface area contributed by atoms with Crippen molar-refractivity contribution in [2.45, 2.75) is 39.2 Å². The molecule has 1 atom stereocenters. The number of carbonyl (C=O) groups excluding carboxylic acids is 2. The van der Waals surface area contributed by atoms with E-state index in [-0.39, 0.29) is 30.4 Å². The van der Waals surface area contributed by atoms with Crippen LogP contribution in [0.5, 0.6) is 11.5 Å². The molecule has 1 fully saturated rings. The van der Waals surface area contributed by atoms with Gasteiger partial charge < -0.3 is 19.1 Å².